The second kappa shape index (κ2) is 5.60. The van der Waals surface area contributed by atoms with Crippen LogP contribution in [-0.4, -0.2) is 23.4 Å². The molecule has 0 radical (unpaired) electrons. The van der Waals surface area contributed by atoms with E-state index in [1.807, 2.05) is 0 Å². The van der Waals surface area contributed by atoms with Gasteiger partial charge in [0.25, 0.3) is 0 Å². The summed E-state index contributed by atoms with van der Waals surface area (Å²) in [7, 11) is 0. The molecule has 96 valence electrons. The highest BCUT2D eigenvalue weighted by Crippen LogP contribution is 2.20. The average Bonchev–Trinajstić information content (AvgIpc) is 2.88. The summed E-state index contributed by atoms with van der Waals surface area (Å²) in [5.41, 5.74) is 6.00. The number of aromatic nitrogens is 2. The first kappa shape index (κ1) is 12.5. The van der Waals surface area contributed by atoms with Gasteiger partial charge in [-0.05, 0) is 24.7 Å². The van der Waals surface area contributed by atoms with Gasteiger partial charge in [0.15, 0.2) is 5.82 Å². The molecule has 1 aliphatic heterocycles. The zero-order valence-corrected chi connectivity index (χ0v) is 10.6. The van der Waals surface area contributed by atoms with E-state index < -0.39 is 0 Å². The molecule has 1 unspecified atom stereocenters. The number of nitrogens with zero attached hydrogens (tertiary/aromatic N) is 2. The molecule has 1 saturated heterocycles. The lowest BCUT2D eigenvalue weighted by Crippen LogP contribution is -2.13. The molecule has 2 atom stereocenters. The smallest absolute Gasteiger partial charge is 0.243 e. The highest BCUT2D eigenvalue weighted by molar-refractivity contribution is 4.93. The molecule has 0 aliphatic carbocycles. The van der Waals surface area contributed by atoms with E-state index in [1.54, 1.807) is 0 Å². The second-order valence-corrected chi connectivity index (χ2v) is 5.22. The van der Waals surface area contributed by atoms with Crippen molar-refractivity contribution in [2.24, 2.45) is 17.6 Å². The van der Waals surface area contributed by atoms with Crippen molar-refractivity contribution >= 4 is 0 Å². The summed E-state index contributed by atoms with van der Waals surface area (Å²) >= 11 is 0. The Morgan fingerprint density at radius 2 is 2.29 bits per heavy atom. The Kier molecular flexibility index (Phi) is 4.12. The van der Waals surface area contributed by atoms with Gasteiger partial charge in [0.05, 0.1) is 6.04 Å². The average molecular weight is 239 g/mol. The Morgan fingerprint density at radius 1 is 1.47 bits per heavy atom. The lowest BCUT2D eigenvalue weighted by Gasteiger charge is -2.08. The van der Waals surface area contributed by atoms with Crippen LogP contribution in [0.15, 0.2) is 4.52 Å². The van der Waals surface area contributed by atoms with Crippen molar-refractivity contribution in [2.45, 2.75) is 39.2 Å². The SMILES string of the molecule is CC(C)C[C@H](N)c1nc(CC2CCOC2)no1. The molecular weight excluding hydrogens is 218 g/mol. The molecule has 17 heavy (non-hydrogen) atoms. The molecule has 1 fully saturated rings. The Labute approximate surface area is 102 Å². The number of ether oxygens (including phenoxy) is 1. The largest absolute Gasteiger partial charge is 0.381 e. The molecule has 0 spiro atoms. The second-order valence-electron chi connectivity index (χ2n) is 5.22. The molecule has 0 saturated carbocycles. The maximum absolute atomic E-state index is 6.00. The molecule has 5 nitrogen and oxygen atoms in total. The van der Waals surface area contributed by atoms with Crippen molar-refractivity contribution in [2.75, 3.05) is 13.2 Å². The van der Waals surface area contributed by atoms with Crippen molar-refractivity contribution < 1.29 is 9.26 Å². The van der Waals surface area contributed by atoms with Crippen molar-refractivity contribution in [3.63, 3.8) is 0 Å². The summed E-state index contributed by atoms with van der Waals surface area (Å²) < 4.78 is 10.5. The van der Waals surface area contributed by atoms with Gasteiger partial charge in [0.1, 0.15) is 0 Å². The van der Waals surface area contributed by atoms with Crippen molar-refractivity contribution in [1.82, 2.24) is 10.1 Å². The maximum atomic E-state index is 6.00. The van der Waals surface area contributed by atoms with E-state index in [1.165, 1.54) is 0 Å². The molecule has 1 aromatic rings. The number of hydrogen-bond donors (Lipinski definition) is 1. The summed E-state index contributed by atoms with van der Waals surface area (Å²) in [6.07, 6.45) is 2.79. The van der Waals surface area contributed by atoms with Crippen LogP contribution < -0.4 is 5.73 Å². The summed E-state index contributed by atoms with van der Waals surface area (Å²) in [5, 5.41) is 3.99. The Balaban J connectivity index is 1.90. The van der Waals surface area contributed by atoms with E-state index in [0.717, 1.165) is 38.3 Å². The molecule has 2 N–H and O–H groups in total. The minimum Gasteiger partial charge on any atom is -0.381 e. The quantitative estimate of drug-likeness (QED) is 0.846. The van der Waals surface area contributed by atoms with Crippen molar-refractivity contribution in [3.05, 3.63) is 11.7 Å². The third-order valence-corrected chi connectivity index (χ3v) is 3.02. The van der Waals surface area contributed by atoms with Gasteiger partial charge in [-0.2, -0.15) is 4.98 Å². The molecular formula is C12H21N3O2. The third-order valence-electron chi connectivity index (χ3n) is 3.02. The molecule has 5 heteroatoms. The van der Waals surface area contributed by atoms with E-state index >= 15 is 0 Å². The van der Waals surface area contributed by atoms with Gasteiger partial charge in [-0.15, -0.1) is 0 Å². The fourth-order valence-corrected chi connectivity index (χ4v) is 2.11. The number of nitrogens with two attached hydrogens (primary N) is 1. The topological polar surface area (TPSA) is 74.2 Å². The summed E-state index contributed by atoms with van der Waals surface area (Å²) in [6.45, 7) is 5.92. The Bertz CT molecular complexity index is 345. The van der Waals surface area contributed by atoms with Crippen LogP contribution in [0.5, 0.6) is 0 Å². The van der Waals surface area contributed by atoms with Crippen molar-refractivity contribution in [3.8, 4) is 0 Å². The Morgan fingerprint density at radius 3 is 2.94 bits per heavy atom. The van der Waals surface area contributed by atoms with Crippen LogP contribution >= 0.6 is 0 Å². The van der Waals surface area contributed by atoms with Gasteiger partial charge in [0, 0.05) is 19.6 Å². The first-order valence-electron chi connectivity index (χ1n) is 6.31. The molecule has 2 rings (SSSR count). The summed E-state index contributed by atoms with van der Waals surface area (Å²) in [5.74, 6) is 2.38. The van der Waals surface area contributed by atoms with Crippen LogP contribution in [0.2, 0.25) is 0 Å². The van der Waals surface area contributed by atoms with Crippen LogP contribution in [0, 0.1) is 11.8 Å². The first-order valence-corrected chi connectivity index (χ1v) is 6.31. The predicted octanol–water partition coefficient (Wildman–Crippen LogP) is 1.69. The fourth-order valence-electron chi connectivity index (χ4n) is 2.11. The minimum absolute atomic E-state index is 0.143. The number of rotatable bonds is 5. The molecule has 0 aromatic carbocycles. The third kappa shape index (κ3) is 3.51. The number of hydrogen-bond acceptors (Lipinski definition) is 5. The molecule has 2 heterocycles. The maximum Gasteiger partial charge on any atom is 0.243 e. The highest BCUT2D eigenvalue weighted by Gasteiger charge is 2.21. The normalized spacial score (nSPS) is 22.2. The van der Waals surface area contributed by atoms with Crippen LogP contribution in [0.25, 0.3) is 0 Å². The standard InChI is InChI=1S/C12H21N3O2/c1-8(2)5-10(13)12-14-11(15-17-12)6-9-3-4-16-7-9/h8-10H,3-7,13H2,1-2H3/t9?,10-/m0/s1. The van der Waals surface area contributed by atoms with Crippen molar-refractivity contribution in [1.29, 1.82) is 0 Å². The van der Waals surface area contributed by atoms with Crippen LogP contribution in [0.3, 0.4) is 0 Å². The fraction of sp³-hybridized carbons (Fsp3) is 0.833. The van der Waals surface area contributed by atoms with E-state index in [-0.39, 0.29) is 6.04 Å². The van der Waals surface area contributed by atoms with Gasteiger partial charge in [-0.25, -0.2) is 0 Å². The lowest BCUT2D eigenvalue weighted by atomic mass is 10.0. The van der Waals surface area contributed by atoms with E-state index in [4.69, 9.17) is 15.0 Å². The zero-order valence-electron chi connectivity index (χ0n) is 10.6. The van der Waals surface area contributed by atoms with Crippen LogP contribution in [0.1, 0.15) is 44.4 Å². The van der Waals surface area contributed by atoms with E-state index in [2.05, 4.69) is 24.0 Å². The predicted molar refractivity (Wildman–Crippen MR) is 63.3 cm³/mol. The molecule has 1 aromatic heterocycles. The molecule has 0 amide bonds. The van der Waals surface area contributed by atoms with E-state index in [0.29, 0.717) is 17.7 Å². The minimum atomic E-state index is -0.143. The van der Waals surface area contributed by atoms with Crippen LogP contribution in [-0.2, 0) is 11.2 Å². The van der Waals surface area contributed by atoms with Gasteiger partial charge in [-0.3, -0.25) is 0 Å². The lowest BCUT2D eigenvalue weighted by molar-refractivity contribution is 0.185. The Hall–Kier alpha value is -0.940. The first-order chi connectivity index (χ1) is 8.15. The van der Waals surface area contributed by atoms with Gasteiger partial charge >= 0.3 is 0 Å². The summed E-state index contributed by atoms with van der Waals surface area (Å²) in [4.78, 5) is 4.37. The summed E-state index contributed by atoms with van der Waals surface area (Å²) in [6, 6.07) is -0.143. The molecule has 0 bridgehead atoms. The zero-order chi connectivity index (χ0) is 12.3. The van der Waals surface area contributed by atoms with Gasteiger partial charge in [-0.1, -0.05) is 19.0 Å². The van der Waals surface area contributed by atoms with Gasteiger partial charge < -0.3 is 15.0 Å². The molecule has 1 aliphatic rings. The van der Waals surface area contributed by atoms with Gasteiger partial charge in [0.2, 0.25) is 5.89 Å². The van der Waals surface area contributed by atoms with E-state index in [9.17, 15) is 0 Å². The monoisotopic (exact) mass is 239 g/mol. The van der Waals surface area contributed by atoms with Crippen LogP contribution in [0.4, 0.5) is 0 Å². The highest BCUT2D eigenvalue weighted by atomic mass is 16.5.